The van der Waals surface area contributed by atoms with E-state index in [1.54, 1.807) is 0 Å². The van der Waals surface area contributed by atoms with E-state index >= 15 is 0 Å². The molecule has 0 radical (unpaired) electrons. The Morgan fingerprint density at radius 1 is 1.36 bits per heavy atom. The molecule has 3 heteroatoms. The summed E-state index contributed by atoms with van der Waals surface area (Å²) in [6.45, 7) is 5.10. The number of hydrogen-bond donors (Lipinski definition) is 3. The number of hydrogen-bond acceptors (Lipinski definition) is 3. The van der Waals surface area contributed by atoms with Gasteiger partial charge in [-0.15, -0.1) is 0 Å². The summed E-state index contributed by atoms with van der Waals surface area (Å²) in [5, 5.41) is 6.83. The second-order valence-corrected chi connectivity index (χ2v) is 3.83. The third-order valence-corrected chi connectivity index (χ3v) is 2.75. The zero-order chi connectivity index (χ0) is 9.97. The second kappa shape index (κ2) is 3.98. The Kier molecular flexibility index (Phi) is 2.70. The van der Waals surface area contributed by atoms with Crippen molar-refractivity contribution in [1.29, 1.82) is 0 Å². The first-order chi connectivity index (χ1) is 6.77. The van der Waals surface area contributed by atoms with Crippen LogP contribution in [0.15, 0.2) is 18.2 Å². The first-order valence-electron chi connectivity index (χ1n) is 5.07. The molecule has 0 unspecified atom stereocenters. The average molecular weight is 191 g/mol. The summed E-state index contributed by atoms with van der Waals surface area (Å²) in [4.78, 5) is 0. The summed E-state index contributed by atoms with van der Waals surface area (Å²) in [6, 6.07) is 6.71. The van der Waals surface area contributed by atoms with Crippen molar-refractivity contribution in [2.24, 2.45) is 0 Å². The van der Waals surface area contributed by atoms with Crippen LogP contribution in [0.5, 0.6) is 0 Å². The summed E-state index contributed by atoms with van der Waals surface area (Å²) in [5.74, 6) is 0. The van der Waals surface area contributed by atoms with Gasteiger partial charge in [0.25, 0.3) is 0 Å². The van der Waals surface area contributed by atoms with Gasteiger partial charge in [0.05, 0.1) is 0 Å². The molecule has 0 saturated carbocycles. The van der Waals surface area contributed by atoms with Crippen LogP contribution in [0.3, 0.4) is 0 Å². The Labute approximate surface area is 84.7 Å². The smallest absolute Gasteiger partial charge is 0.0447 e. The van der Waals surface area contributed by atoms with Gasteiger partial charge in [-0.1, -0.05) is 12.1 Å². The Bertz CT molecular complexity index is 316. The van der Waals surface area contributed by atoms with Crippen LogP contribution in [0, 0.1) is 6.92 Å². The fourth-order valence-corrected chi connectivity index (χ4v) is 1.76. The number of benzene rings is 1. The van der Waals surface area contributed by atoms with Crippen LogP contribution in [-0.4, -0.2) is 19.6 Å². The molecule has 4 N–H and O–H groups in total. The van der Waals surface area contributed by atoms with E-state index in [4.69, 9.17) is 5.73 Å². The molecule has 14 heavy (non-hydrogen) atoms. The molecule has 3 nitrogen and oxygen atoms in total. The maximum Gasteiger partial charge on any atom is 0.0447 e. The molecule has 0 aromatic heterocycles. The van der Waals surface area contributed by atoms with Crippen molar-refractivity contribution in [3.05, 3.63) is 29.3 Å². The van der Waals surface area contributed by atoms with Gasteiger partial charge in [-0.3, -0.25) is 0 Å². The van der Waals surface area contributed by atoms with Crippen molar-refractivity contribution in [2.45, 2.75) is 13.0 Å². The minimum atomic E-state index is 0.409. The lowest BCUT2D eigenvalue weighted by atomic mass is 10.0. The fraction of sp³-hybridized carbons (Fsp3) is 0.455. The molecule has 1 saturated heterocycles. The van der Waals surface area contributed by atoms with Crippen LogP contribution < -0.4 is 16.4 Å². The van der Waals surface area contributed by atoms with E-state index in [1.807, 2.05) is 6.92 Å². The molecule has 0 spiro atoms. The van der Waals surface area contributed by atoms with Crippen LogP contribution in [0.2, 0.25) is 0 Å². The number of anilines is 1. The van der Waals surface area contributed by atoms with E-state index in [1.165, 1.54) is 5.56 Å². The summed E-state index contributed by atoms with van der Waals surface area (Å²) in [7, 11) is 0. The highest BCUT2D eigenvalue weighted by molar-refractivity contribution is 5.49. The highest BCUT2D eigenvalue weighted by atomic mass is 15.1. The Morgan fingerprint density at radius 2 is 2.21 bits per heavy atom. The minimum Gasteiger partial charge on any atom is -0.399 e. The lowest BCUT2D eigenvalue weighted by Gasteiger charge is -2.25. The molecular weight excluding hydrogens is 174 g/mol. The number of rotatable bonds is 1. The maximum atomic E-state index is 5.88. The predicted molar refractivity (Wildman–Crippen MR) is 59.2 cm³/mol. The molecule has 0 aliphatic carbocycles. The van der Waals surface area contributed by atoms with Gasteiger partial charge in [0.1, 0.15) is 0 Å². The molecule has 2 rings (SSSR count). The monoisotopic (exact) mass is 191 g/mol. The Balaban J connectivity index is 2.18. The van der Waals surface area contributed by atoms with Crippen LogP contribution in [0.4, 0.5) is 5.69 Å². The second-order valence-electron chi connectivity index (χ2n) is 3.83. The maximum absolute atomic E-state index is 5.88. The molecule has 1 heterocycles. The van der Waals surface area contributed by atoms with Crippen molar-refractivity contribution >= 4 is 5.69 Å². The lowest BCUT2D eigenvalue weighted by Crippen LogP contribution is -2.42. The molecule has 1 aliphatic rings. The zero-order valence-corrected chi connectivity index (χ0v) is 8.51. The van der Waals surface area contributed by atoms with Crippen LogP contribution in [0.1, 0.15) is 17.2 Å². The highest BCUT2D eigenvalue weighted by Crippen LogP contribution is 2.19. The van der Waals surface area contributed by atoms with Crippen LogP contribution in [0.25, 0.3) is 0 Å². The van der Waals surface area contributed by atoms with Gasteiger partial charge in [-0.25, -0.2) is 0 Å². The van der Waals surface area contributed by atoms with Crippen molar-refractivity contribution in [3.63, 3.8) is 0 Å². The molecule has 0 amide bonds. The summed E-state index contributed by atoms with van der Waals surface area (Å²) in [5.41, 5.74) is 9.19. The van der Waals surface area contributed by atoms with E-state index < -0.39 is 0 Å². The van der Waals surface area contributed by atoms with Gasteiger partial charge in [0.15, 0.2) is 0 Å². The Hall–Kier alpha value is -1.06. The van der Waals surface area contributed by atoms with Crippen molar-refractivity contribution in [1.82, 2.24) is 10.6 Å². The van der Waals surface area contributed by atoms with Gasteiger partial charge >= 0.3 is 0 Å². The minimum absolute atomic E-state index is 0.409. The molecule has 1 atom stereocenters. The SMILES string of the molecule is Cc1ccc([C@@H]2CNCCN2)cc1N. The molecule has 76 valence electrons. The standard InChI is InChI=1S/C11H17N3/c1-8-2-3-9(6-10(8)12)11-7-13-4-5-14-11/h2-3,6,11,13-14H,4-5,7,12H2,1H3/t11-/m0/s1. The predicted octanol–water partition coefficient (Wildman–Crippen LogP) is 0.811. The van der Waals surface area contributed by atoms with Gasteiger partial charge in [-0.05, 0) is 24.1 Å². The first kappa shape index (κ1) is 9.49. The van der Waals surface area contributed by atoms with E-state index in [2.05, 4.69) is 28.8 Å². The third-order valence-electron chi connectivity index (χ3n) is 2.75. The van der Waals surface area contributed by atoms with E-state index in [0.29, 0.717) is 6.04 Å². The molecule has 1 aromatic rings. The number of nitrogen functional groups attached to an aromatic ring is 1. The van der Waals surface area contributed by atoms with E-state index in [0.717, 1.165) is 30.9 Å². The summed E-state index contributed by atoms with van der Waals surface area (Å²) in [6.07, 6.45) is 0. The normalized spacial score (nSPS) is 22.2. The van der Waals surface area contributed by atoms with Gasteiger partial charge < -0.3 is 16.4 Å². The van der Waals surface area contributed by atoms with Gasteiger partial charge in [0, 0.05) is 31.4 Å². The molecule has 0 bridgehead atoms. The van der Waals surface area contributed by atoms with E-state index in [-0.39, 0.29) is 0 Å². The molecule has 1 aromatic carbocycles. The largest absolute Gasteiger partial charge is 0.399 e. The van der Waals surface area contributed by atoms with Crippen molar-refractivity contribution in [3.8, 4) is 0 Å². The molecule has 1 fully saturated rings. The fourth-order valence-electron chi connectivity index (χ4n) is 1.76. The third kappa shape index (κ3) is 1.89. The van der Waals surface area contributed by atoms with Crippen molar-refractivity contribution < 1.29 is 0 Å². The zero-order valence-electron chi connectivity index (χ0n) is 8.51. The van der Waals surface area contributed by atoms with Crippen molar-refractivity contribution in [2.75, 3.05) is 25.4 Å². The first-order valence-corrected chi connectivity index (χ1v) is 5.07. The summed E-state index contributed by atoms with van der Waals surface area (Å²) >= 11 is 0. The lowest BCUT2D eigenvalue weighted by molar-refractivity contribution is 0.430. The average Bonchev–Trinajstić information content (AvgIpc) is 2.23. The Morgan fingerprint density at radius 3 is 2.86 bits per heavy atom. The number of nitrogens with one attached hydrogen (secondary N) is 2. The number of piperazine rings is 1. The van der Waals surface area contributed by atoms with Gasteiger partial charge in [0.2, 0.25) is 0 Å². The quantitative estimate of drug-likeness (QED) is 0.576. The number of nitrogens with two attached hydrogens (primary N) is 1. The summed E-state index contributed by atoms with van der Waals surface area (Å²) < 4.78 is 0. The van der Waals surface area contributed by atoms with E-state index in [9.17, 15) is 0 Å². The highest BCUT2D eigenvalue weighted by Gasteiger charge is 2.14. The number of aryl methyl sites for hydroxylation is 1. The topological polar surface area (TPSA) is 50.1 Å². The molecular formula is C11H17N3. The van der Waals surface area contributed by atoms with Gasteiger partial charge in [-0.2, -0.15) is 0 Å². The molecule has 1 aliphatic heterocycles. The van der Waals surface area contributed by atoms with Crippen LogP contribution in [-0.2, 0) is 0 Å². The van der Waals surface area contributed by atoms with Crippen LogP contribution >= 0.6 is 0 Å².